The number of pyridine rings is 1. The first-order chi connectivity index (χ1) is 9.90. The first-order valence-corrected chi connectivity index (χ1v) is 7.90. The Kier molecular flexibility index (Phi) is 4.72. The standard InChI is InChI=1S/C14H19N3O3S/c1-8-5-11(13(14(15)20)9(2)16-8)17-3-4-21-7-10(17)6-12(18)19/h5,10H,3-4,6-7H2,1-2H3,(H2,15,20)(H,18,19). The zero-order valence-corrected chi connectivity index (χ0v) is 12.9. The van der Waals surface area contributed by atoms with Gasteiger partial charge in [-0.1, -0.05) is 0 Å². The molecule has 6 nitrogen and oxygen atoms in total. The van der Waals surface area contributed by atoms with E-state index >= 15 is 0 Å². The Hall–Kier alpha value is -1.76. The molecule has 1 aliphatic heterocycles. The highest BCUT2D eigenvalue weighted by Crippen LogP contribution is 2.30. The SMILES string of the molecule is Cc1cc(N2CCSCC2CC(=O)O)c(C(N)=O)c(C)n1. The zero-order valence-electron chi connectivity index (χ0n) is 12.1. The highest BCUT2D eigenvalue weighted by atomic mass is 32.2. The van der Waals surface area contributed by atoms with E-state index in [-0.39, 0.29) is 12.5 Å². The van der Waals surface area contributed by atoms with Gasteiger partial charge in [-0.2, -0.15) is 11.8 Å². The molecule has 0 radical (unpaired) electrons. The van der Waals surface area contributed by atoms with Crippen LogP contribution in [0.4, 0.5) is 5.69 Å². The Bertz CT molecular complexity index is 577. The number of thioether (sulfide) groups is 1. The lowest BCUT2D eigenvalue weighted by molar-refractivity contribution is -0.137. The molecule has 1 aliphatic rings. The Morgan fingerprint density at radius 2 is 2.24 bits per heavy atom. The van der Waals surface area contributed by atoms with Gasteiger partial charge in [0.15, 0.2) is 0 Å². The molecule has 1 amide bonds. The third-order valence-electron chi connectivity index (χ3n) is 3.50. The molecule has 114 valence electrons. The molecule has 1 saturated heterocycles. The van der Waals surface area contributed by atoms with Crippen LogP contribution in [-0.4, -0.2) is 46.1 Å². The number of amides is 1. The lowest BCUT2D eigenvalue weighted by Gasteiger charge is -2.37. The van der Waals surface area contributed by atoms with Crippen molar-refractivity contribution >= 4 is 29.3 Å². The molecular formula is C14H19N3O3S. The Balaban J connectivity index is 2.46. The Morgan fingerprint density at radius 3 is 2.86 bits per heavy atom. The van der Waals surface area contributed by atoms with E-state index in [0.29, 0.717) is 23.5 Å². The van der Waals surface area contributed by atoms with Crippen LogP contribution in [0.1, 0.15) is 28.2 Å². The van der Waals surface area contributed by atoms with Crippen LogP contribution in [0.25, 0.3) is 0 Å². The predicted molar refractivity (Wildman–Crippen MR) is 82.9 cm³/mol. The summed E-state index contributed by atoms with van der Waals surface area (Å²) in [5.74, 6) is 0.262. The number of hydrogen-bond acceptors (Lipinski definition) is 5. The molecule has 3 N–H and O–H groups in total. The summed E-state index contributed by atoms with van der Waals surface area (Å²) in [6.07, 6.45) is 0.0472. The van der Waals surface area contributed by atoms with Gasteiger partial charge in [0.25, 0.3) is 5.91 Å². The van der Waals surface area contributed by atoms with Crippen molar-refractivity contribution in [1.29, 1.82) is 0 Å². The van der Waals surface area contributed by atoms with Gasteiger partial charge in [-0.25, -0.2) is 0 Å². The molecule has 7 heteroatoms. The monoisotopic (exact) mass is 309 g/mol. The quantitative estimate of drug-likeness (QED) is 0.867. The van der Waals surface area contributed by atoms with Crippen molar-refractivity contribution in [3.05, 3.63) is 23.0 Å². The van der Waals surface area contributed by atoms with Crippen LogP contribution in [0, 0.1) is 13.8 Å². The first-order valence-electron chi connectivity index (χ1n) is 6.74. The van der Waals surface area contributed by atoms with Crippen LogP contribution in [0.5, 0.6) is 0 Å². The van der Waals surface area contributed by atoms with Crippen LogP contribution in [0.15, 0.2) is 6.07 Å². The number of aryl methyl sites for hydroxylation is 2. The van der Waals surface area contributed by atoms with E-state index in [1.165, 1.54) is 0 Å². The molecule has 2 heterocycles. The summed E-state index contributed by atoms with van der Waals surface area (Å²) in [5, 5.41) is 9.08. The summed E-state index contributed by atoms with van der Waals surface area (Å²) >= 11 is 1.73. The van der Waals surface area contributed by atoms with E-state index in [2.05, 4.69) is 4.98 Å². The summed E-state index contributed by atoms with van der Waals surface area (Å²) in [5.41, 5.74) is 7.97. The fraction of sp³-hybridized carbons (Fsp3) is 0.500. The first kappa shape index (κ1) is 15.6. The largest absolute Gasteiger partial charge is 0.481 e. The number of aromatic nitrogens is 1. The summed E-state index contributed by atoms with van der Waals surface area (Å²) in [6, 6.07) is 1.68. The van der Waals surface area contributed by atoms with E-state index in [1.807, 2.05) is 17.9 Å². The van der Waals surface area contributed by atoms with Crippen LogP contribution < -0.4 is 10.6 Å². The number of carbonyl (C=O) groups excluding carboxylic acids is 1. The molecule has 0 aromatic carbocycles. The Morgan fingerprint density at radius 1 is 1.52 bits per heavy atom. The number of rotatable bonds is 4. The predicted octanol–water partition coefficient (Wildman–Crippen LogP) is 1.19. The highest BCUT2D eigenvalue weighted by molar-refractivity contribution is 7.99. The fourth-order valence-corrected chi connectivity index (χ4v) is 3.74. The maximum absolute atomic E-state index is 11.8. The van der Waals surface area contributed by atoms with Crippen molar-refractivity contribution in [2.75, 3.05) is 23.0 Å². The van der Waals surface area contributed by atoms with Crippen LogP contribution in [0.3, 0.4) is 0 Å². The van der Waals surface area contributed by atoms with E-state index < -0.39 is 11.9 Å². The maximum atomic E-state index is 11.8. The number of nitrogens with two attached hydrogens (primary N) is 1. The van der Waals surface area contributed by atoms with Gasteiger partial charge in [0, 0.05) is 29.8 Å². The van der Waals surface area contributed by atoms with Crippen molar-refractivity contribution in [3.8, 4) is 0 Å². The van der Waals surface area contributed by atoms with E-state index in [4.69, 9.17) is 10.8 Å². The molecule has 0 aliphatic carbocycles. The lowest BCUT2D eigenvalue weighted by Crippen LogP contribution is -2.44. The summed E-state index contributed by atoms with van der Waals surface area (Å²) in [6.45, 7) is 4.31. The number of hydrogen-bond donors (Lipinski definition) is 2. The van der Waals surface area contributed by atoms with Gasteiger partial charge in [-0.3, -0.25) is 14.6 Å². The number of primary amides is 1. The molecule has 0 bridgehead atoms. The minimum absolute atomic E-state index is 0.0472. The number of anilines is 1. The number of aliphatic carboxylic acids is 1. The average molecular weight is 309 g/mol. The molecule has 21 heavy (non-hydrogen) atoms. The molecule has 0 spiro atoms. The maximum Gasteiger partial charge on any atom is 0.305 e. The van der Waals surface area contributed by atoms with Gasteiger partial charge >= 0.3 is 5.97 Å². The highest BCUT2D eigenvalue weighted by Gasteiger charge is 2.29. The Labute approximate surface area is 127 Å². The van der Waals surface area contributed by atoms with Gasteiger partial charge in [0.05, 0.1) is 23.4 Å². The third kappa shape index (κ3) is 3.47. The third-order valence-corrected chi connectivity index (χ3v) is 4.59. The molecule has 2 rings (SSSR count). The van der Waals surface area contributed by atoms with Gasteiger partial charge in [0.1, 0.15) is 0 Å². The van der Waals surface area contributed by atoms with Crippen molar-refractivity contribution < 1.29 is 14.7 Å². The minimum atomic E-state index is -0.837. The molecule has 1 unspecified atom stereocenters. The second-order valence-corrected chi connectivity index (χ2v) is 6.28. The van der Waals surface area contributed by atoms with Crippen molar-refractivity contribution in [3.63, 3.8) is 0 Å². The number of carboxylic acids is 1. The lowest BCUT2D eigenvalue weighted by atomic mass is 10.1. The summed E-state index contributed by atoms with van der Waals surface area (Å²) in [7, 11) is 0. The van der Waals surface area contributed by atoms with Crippen LogP contribution >= 0.6 is 11.8 Å². The van der Waals surface area contributed by atoms with Crippen LogP contribution in [-0.2, 0) is 4.79 Å². The topological polar surface area (TPSA) is 96.5 Å². The van der Waals surface area contributed by atoms with Gasteiger partial charge in [-0.15, -0.1) is 0 Å². The van der Waals surface area contributed by atoms with E-state index in [0.717, 1.165) is 17.2 Å². The van der Waals surface area contributed by atoms with Crippen molar-refractivity contribution in [2.45, 2.75) is 26.3 Å². The molecule has 1 atom stereocenters. The number of carbonyl (C=O) groups is 2. The molecular weight excluding hydrogens is 290 g/mol. The van der Waals surface area contributed by atoms with Gasteiger partial charge in [-0.05, 0) is 19.9 Å². The van der Waals surface area contributed by atoms with Crippen molar-refractivity contribution in [2.24, 2.45) is 5.73 Å². The fourth-order valence-electron chi connectivity index (χ4n) is 2.68. The van der Waals surface area contributed by atoms with Crippen LogP contribution in [0.2, 0.25) is 0 Å². The number of nitrogens with zero attached hydrogens (tertiary/aromatic N) is 2. The van der Waals surface area contributed by atoms with Gasteiger partial charge in [0.2, 0.25) is 0 Å². The minimum Gasteiger partial charge on any atom is -0.481 e. The second kappa shape index (κ2) is 6.34. The summed E-state index contributed by atoms with van der Waals surface area (Å²) in [4.78, 5) is 29.1. The molecule has 0 saturated carbocycles. The van der Waals surface area contributed by atoms with Gasteiger partial charge < -0.3 is 15.7 Å². The average Bonchev–Trinajstić information content (AvgIpc) is 2.37. The molecule has 1 aromatic heterocycles. The normalized spacial score (nSPS) is 18.6. The number of carboxylic acid groups (broad SMARTS) is 1. The molecule has 1 fully saturated rings. The van der Waals surface area contributed by atoms with Crippen molar-refractivity contribution in [1.82, 2.24) is 4.98 Å². The van der Waals surface area contributed by atoms with E-state index in [1.54, 1.807) is 18.7 Å². The zero-order chi connectivity index (χ0) is 15.6. The smallest absolute Gasteiger partial charge is 0.305 e. The van der Waals surface area contributed by atoms with E-state index in [9.17, 15) is 9.59 Å². The summed E-state index contributed by atoms with van der Waals surface area (Å²) < 4.78 is 0. The molecule has 1 aromatic rings. The second-order valence-electron chi connectivity index (χ2n) is 5.13.